The topological polar surface area (TPSA) is 16.4 Å². The van der Waals surface area contributed by atoms with Crippen molar-refractivity contribution < 1.29 is 4.42 Å². The quantitative estimate of drug-likeness (QED) is 0.170. The first-order valence-electron chi connectivity index (χ1n) is 18.6. The Kier molecular flexibility index (Phi) is 7.39. The maximum atomic E-state index is 6.21. The maximum Gasteiger partial charge on any atom is 0.135 e. The predicted octanol–water partition coefficient (Wildman–Crippen LogP) is 15.6. The van der Waals surface area contributed by atoms with Gasteiger partial charge in [0.25, 0.3) is 0 Å². The molecule has 0 fully saturated rings. The molecule has 258 valence electrons. The summed E-state index contributed by atoms with van der Waals surface area (Å²) < 4.78 is 8.80. The standard InChI is InChI=1S/C52H33NOS/c1-2-9-38-31-41(21-20-34(38)8-1)40-11-7-10-39(30-40)37-18-16-35(17-19-37)36-22-24-42(25-23-36)53(43-27-29-50-48(32-43)45-12-3-5-14-49(45)54-50)44-26-28-47-46-13-4-6-15-51(46)55-52(47)33-44/h1-33H. The molecule has 0 aliphatic carbocycles. The largest absolute Gasteiger partial charge is 0.456 e. The van der Waals surface area contributed by atoms with Crippen molar-refractivity contribution in [1.29, 1.82) is 0 Å². The fourth-order valence-electron chi connectivity index (χ4n) is 8.06. The zero-order valence-electron chi connectivity index (χ0n) is 29.8. The lowest BCUT2D eigenvalue weighted by Crippen LogP contribution is -2.09. The SMILES string of the molecule is c1cc(-c2ccc(-c3ccc(N(c4ccc5c(c4)sc4ccccc45)c4ccc5oc6ccccc6c5c4)cc3)cc2)cc(-c2ccc3ccccc3c2)c1. The number of para-hydroxylation sites is 1. The van der Waals surface area contributed by atoms with Crippen molar-refractivity contribution >= 4 is 81.3 Å². The van der Waals surface area contributed by atoms with Gasteiger partial charge in [0.1, 0.15) is 11.2 Å². The van der Waals surface area contributed by atoms with Gasteiger partial charge in [0.15, 0.2) is 0 Å². The summed E-state index contributed by atoms with van der Waals surface area (Å²) in [7, 11) is 0. The van der Waals surface area contributed by atoms with Crippen molar-refractivity contribution in [1.82, 2.24) is 0 Å². The van der Waals surface area contributed by atoms with E-state index in [1.807, 2.05) is 23.5 Å². The van der Waals surface area contributed by atoms with Crippen LogP contribution in [0.2, 0.25) is 0 Å². The summed E-state index contributed by atoms with van der Waals surface area (Å²) in [6.45, 7) is 0. The van der Waals surface area contributed by atoms with Crippen LogP contribution in [0.3, 0.4) is 0 Å². The first-order chi connectivity index (χ1) is 27.2. The van der Waals surface area contributed by atoms with Crippen LogP contribution >= 0.6 is 11.3 Å². The Hall–Kier alpha value is -6.94. The summed E-state index contributed by atoms with van der Waals surface area (Å²) in [5.74, 6) is 0. The van der Waals surface area contributed by atoms with Gasteiger partial charge in [-0.15, -0.1) is 11.3 Å². The van der Waals surface area contributed by atoms with Crippen molar-refractivity contribution in [2.75, 3.05) is 4.90 Å². The lowest BCUT2D eigenvalue weighted by molar-refractivity contribution is 0.669. The second-order valence-electron chi connectivity index (χ2n) is 14.2. The number of hydrogen-bond donors (Lipinski definition) is 0. The summed E-state index contributed by atoms with van der Waals surface area (Å²) in [5.41, 5.74) is 12.3. The Bertz CT molecular complexity index is 3210. The van der Waals surface area contributed by atoms with Crippen LogP contribution in [0.15, 0.2) is 205 Å². The zero-order valence-corrected chi connectivity index (χ0v) is 30.6. The molecule has 0 unspecified atom stereocenters. The van der Waals surface area contributed by atoms with Crippen LogP contribution < -0.4 is 4.90 Å². The van der Waals surface area contributed by atoms with Gasteiger partial charge in [0.2, 0.25) is 0 Å². The summed E-state index contributed by atoms with van der Waals surface area (Å²) in [5, 5.41) is 7.35. The third kappa shape index (κ3) is 5.56. The molecule has 0 N–H and O–H groups in total. The number of hydrogen-bond acceptors (Lipinski definition) is 3. The third-order valence-corrected chi connectivity index (χ3v) is 12.0. The number of anilines is 3. The molecule has 55 heavy (non-hydrogen) atoms. The molecule has 9 aromatic carbocycles. The van der Waals surface area contributed by atoms with Gasteiger partial charge in [-0.1, -0.05) is 133 Å². The van der Waals surface area contributed by atoms with Crippen LogP contribution in [-0.2, 0) is 0 Å². The first-order valence-corrected chi connectivity index (χ1v) is 19.5. The number of rotatable bonds is 6. The number of fused-ring (bicyclic) bond motifs is 7. The van der Waals surface area contributed by atoms with Gasteiger partial charge in [-0.05, 0) is 111 Å². The van der Waals surface area contributed by atoms with Gasteiger partial charge < -0.3 is 9.32 Å². The smallest absolute Gasteiger partial charge is 0.135 e. The zero-order chi connectivity index (χ0) is 36.3. The van der Waals surface area contributed by atoms with E-state index in [1.54, 1.807) is 0 Å². The van der Waals surface area contributed by atoms with Crippen LogP contribution in [0.4, 0.5) is 17.1 Å². The predicted molar refractivity (Wildman–Crippen MR) is 235 cm³/mol. The van der Waals surface area contributed by atoms with Gasteiger partial charge in [-0.25, -0.2) is 0 Å². The van der Waals surface area contributed by atoms with E-state index >= 15 is 0 Å². The molecule has 2 heterocycles. The normalized spacial score (nSPS) is 11.6. The molecular weight excluding hydrogens is 687 g/mol. The number of nitrogens with zero attached hydrogens (tertiary/aromatic N) is 1. The Morgan fingerprint density at radius 3 is 1.71 bits per heavy atom. The van der Waals surface area contributed by atoms with Gasteiger partial charge in [0, 0.05) is 48.0 Å². The van der Waals surface area contributed by atoms with Crippen molar-refractivity contribution in [3.63, 3.8) is 0 Å². The fourth-order valence-corrected chi connectivity index (χ4v) is 9.20. The molecule has 2 aromatic heterocycles. The van der Waals surface area contributed by atoms with Crippen LogP contribution in [0.25, 0.3) is 86.3 Å². The van der Waals surface area contributed by atoms with Crippen LogP contribution in [0.1, 0.15) is 0 Å². The first kappa shape index (κ1) is 31.6. The monoisotopic (exact) mass is 719 g/mol. The lowest BCUT2D eigenvalue weighted by atomic mass is 9.96. The molecule has 0 aliphatic heterocycles. The van der Waals surface area contributed by atoms with E-state index in [1.165, 1.54) is 64.3 Å². The fraction of sp³-hybridized carbons (Fsp3) is 0. The summed E-state index contributed by atoms with van der Waals surface area (Å²) in [6, 6.07) is 72.3. The van der Waals surface area contributed by atoms with Crippen LogP contribution in [-0.4, -0.2) is 0 Å². The molecule has 3 heteroatoms. The van der Waals surface area contributed by atoms with Gasteiger partial charge >= 0.3 is 0 Å². The summed E-state index contributed by atoms with van der Waals surface area (Å²) >= 11 is 1.85. The third-order valence-electron chi connectivity index (χ3n) is 10.9. The molecule has 0 bridgehead atoms. The molecule has 0 saturated heterocycles. The van der Waals surface area contributed by atoms with E-state index in [-0.39, 0.29) is 0 Å². The number of benzene rings is 9. The minimum Gasteiger partial charge on any atom is -0.456 e. The van der Waals surface area contributed by atoms with Crippen molar-refractivity contribution in [3.8, 4) is 33.4 Å². The Labute approximate surface area is 322 Å². The van der Waals surface area contributed by atoms with Gasteiger partial charge in [-0.2, -0.15) is 0 Å². The van der Waals surface area contributed by atoms with E-state index in [9.17, 15) is 0 Å². The van der Waals surface area contributed by atoms with Gasteiger partial charge in [0.05, 0.1) is 0 Å². The number of thiophene rings is 1. The van der Waals surface area contributed by atoms with E-state index in [0.29, 0.717) is 0 Å². The highest BCUT2D eigenvalue weighted by molar-refractivity contribution is 7.25. The molecule has 0 saturated carbocycles. The highest BCUT2D eigenvalue weighted by Gasteiger charge is 2.17. The van der Waals surface area contributed by atoms with Crippen molar-refractivity contribution in [2.45, 2.75) is 0 Å². The molecule has 11 rings (SSSR count). The Balaban J connectivity index is 0.942. The molecular formula is C52H33NOS. The van der Waals surface area contributed by atoms with Crippen molar-refractivity contribution in [2.24, 2.45) is 0 Å². The highest BCUT2D eigenvalue weighted by Crippen LogP contribution is 2.43. The molecule has 0 radical (unpaired) electrons. The minimum absolute atomic E-state index is 0.893. The molecule has 0 aliphatic rings. The van der Waals surface area contributed by atoms with Crippen LogP contribution in [0, 0.1) is 0 Å². The summed E-state index contributed by atoms with van der Waals surface area (Å²) in [6.07, 6.45) is 0. The molecule has 0 spiro atoms. The second-order valence-corrected chi connectivity index (χ2v) is 15.2. The molecule has 0 atom stereocenters. The molecule has 0 amide bonds. The minimum atomic E-state index is 0.893. The van der Waals surface area contributed by atoms with E-state index in [4.69, 9.17) is 4.42 Å². The second kappa shape index (κ2) is 12.9. The lowest BCUT2D eigenvalue weighted by Gasteiger charge is -2.26. The Morgan fingerprint density at radius 1 is 0.309 bits per heavy atom. The Morgan fingerprint density at radius 2 is 0.873 bits per heavy atom. The maximum absolute atomic E-state index is 6.21. The molecule has 2 nitrogen and oxygen atoms in total. The highest BCUT2D eigenvalue weighted by atomic mass is 32.1. The van der Waals surface area contributed by atoms with E-state index in [0.717, 1.165) is 39.0 Å². The van der Waals surface area contributed by atoms with Crippen molar-refractivity contribution in [3.05, 3.63) is 200 Å². The molecule has 11 aromatic rings. The van der Waals surface area contributed by atoms with Crippen LogP contribution in [0.5, 0.6) is 0 Å². The van der Waals surface area contributed by atoms with E-state index < -0.39 is 0 Å². The average molecular weight is 720 g/mol. The average Bonchev–Trinajstić information content (AvgIpc) is 3.82. The number of furan rings is 1. The van der Waals surface area contributed by atoms with E-state index in [2.05, 4.69) is 193 Å². The van der Waals surface area contributed by atoms with Gasteiger partial charge in [-0.3, -0.25) is 0 Å². The summed E-state index contributed by atoms with van der Waals surface area (Å²) in [4.78, 5) is 2.36.